The van der Waals surface area contributed by atoms with Crippen LogP contribution in [-0.4, -0.2) is 6.04 Å². The molecule has 2 unspecified atom stereocenters. The molecule has 0 bridgehead atoms. The standard InChI is InChI=1S/C16H15FN2O/c1-11(19)16(12-6-8-14(17)9-7-12)20-15-5-3-2-4-13(15)10-18/h2-9,11,16H,19H2,1H3. The number of nitrogens with zero attached hydrogens (tertiary/aromatic N) is 1. The predicted octanol–water partition coefficient (Wildman–Crippen LogP) is 3.16. The highest BCUT2D eigenvalue weighted by Gasteiger charge is 2.19. The van der Waals surface area contributed by atoms with Gasteiger partial charge in [-0.15, -0.1) is 0 Å². The zero-order valence-corrected chi connectivity index (χ0v) is 11.1. The Balaban J connectivity index is 2.31. The van der Waals surface area contributed by atoms with Gasteiger partial charge < -0.3 is 10.5 Å². The SMILES string of the molecule is CC(N)C(Oc1ccccc1C#N)c1ccc(F)cc1. The van der Waals surface area contributed by atoms with Crippen LogP contribution in [0.2, 0.25) is 0 Å². The van der Waals surface area contributed by atoms with Crippen LogP contribution in [0.15, 0.2) is 48.5 Å². The van der Waals surface area contributed by atoms with Crippen molar-refractivity contribution in [1.82, 2.24) is 0 Å². The second-order valence-corrected chi connectivity index (χ2v) is 4.56. The van der Waals surface area contributed by atoms with Crippen LogP contribution in [-0.2, 0) is 0 Å². The molecule has 3 nitrogen and oxygen atoms in total. The van der Waals surface area contributed by atoms with Crippen LogP contribution in [0.25, 0.3) is 0 Å². The average Bonchev–Trinajstić information content (AvgIpc) is 2.46. The maximum atomic E-state index is 13.0. The van der Waals surface area contributed by atoms with Crippen LogP contribution >= 0.6 is 0 Å². The van der Waals surface area contributed by atoms with Crippen LogP contribution in [0.4, 0.5) is 4.39 Å². The quantitative estimate of drug-likeness (QED) is 0.928. The molecular weight excluding hydrogens is 255 g/mol. The number of hydrogen-bond donors (Lipinski definition) is 1. The van der Waals surface area contributed by atoms with Gasteiger partial charge in [0.1, 0.15) is 23.7 Å². The molecule has 102 valence electrons. The van der Waals surface area contributed by atoms with Gasteiger partial charge in [0.15, 0.2) is 0 Å². The molecule has 2 N–H and O–H groups in total. The predicted molar refractivity (Wildman–Crippen MR) is 74.6 cm³/mol. The summed E-state index contributed by atoms with van der Waals surface area (Å²) in [7, 11) is 0. The molecule has 2 aromatic rings. The van der Waals surface area contributed by atoms with Crippen molar-refractivity contribution >= 4 is 0 Å². The molecule has 0 fully saturated rings. The molecule has 0 aliphatic carbocycles. The fourth-order valence-corrected chi connectivity index (χ4v) is 1.93. The fourth-order valence-electron chi connectivity index (χ4n) is 1.93. The second-order valence-electron chi connectivity index (χ2n) is 4.56. The molecule has 0 heterocycles. The van der Waals surface area contributed by atoms with Crippen molar-refractivity contribution in [2.75, 3.05) is 0 Å². The van der Waals surface area contributed by atoms with E-state index in [9.17, 15) is 4.39 Å². The van der Waals surface area contributed by atoms with Crippen molar-refractivity contribution in [3.63, 3.8) is 0 Å². The lowest BCUT2D eigenvalue weighted by Crippen LogP contribution is -2.29. The van der Waals surface area contributed by atoms with E-state index in [1.54, 1.807) is 36.4 Å². The van der Waals surface area contributed by atoms with E-state index in [0.29, 0.717) is 11.3 Å². The van der Waals surface area contributed by atoms with Gasteiger partial charge in [-0.1, -0.05) is 24.3 Å². The molecule has 0 aliphatic rings. The van der Waals surface area contributed by atoms with Crippen LogP contribution in [0.3, 0.4) is 0 Å². The number of nitriles is 1. The van der Waals surface area contributed by atoms with E-state index in [1.165, 1.54) is 12.1 Å². The fraction of sp³-hybridized carbons (Fsp3) is 0.188. The Bertz CT molecular complexity index is 617. The third-order valence-corrected chi connectivity index (χ3v) is 2.94. The topological polar surface area (TPSA) is 59.0 Å². The average molecular weight is 270 g/mol. The van der Waals surface area contributed by atoms with Crippen molar-refractivity contribution < 1.29 is 9.13 Å². The molecular formula is C16H15FN2O. The van der Waals surface area contributed by atoms with Gasteiger partial charge in [-0.2, -0.15) is 5.26 Å². The minimum atomic E-state index is -0.440. The Kier molecular flexibility index (Phi) is 4.34. The molecule has 20 heavy (non-hydrogen) atoms. The van der Waals surface area contributed by atoms with E-state index in [-0.39, 0.29) is 11.9 Å². The molecule has 4 heteroatoms. The second kappa shape index (κ2) is 6.18. The zero-order valence-electron chi connectivity index (χ0n) is 11.1. The van der Waals surface area contributed by atoms with Gasteiger partial charge in [-0.05, 0) is 36.8 Å². The van der Waals surface area contributed by atoms with Gasteiger partial charge in [0.05, 0.1) is 5.56 Å². The van der Waals surface area contributed by atoms with E-state index in [4.69, 9.17) is 15.7 Å². The van der Waals surface area contributed by atoms with Crippen molar-refractivity contribution in [1.29, 1.82) is 5.26 Å². The monoisotopic (exact) mass is 270 g/mol. The normalized spacial score (nSPS) is 13.3. The van der Waals surface area contributed by atoms with Gasteiger partial charge in [-0.3, -0.25) is 0 Å². The highest BCUT2D eigenvalue weighted by atomic mass is 19.1. The summed E-state index contributed by atoms with van der Waals surface area (Å²) in [6.45, 7) is 1.81. The Labute approximate surface area is 117 Å². The summed E-state index contributed by atoms with van der Waals surface area (Å²) in [4.78, 5) is 0. The first-order valence-electron chi connectivity index (χ1n) is 6.28. The number of benzene rings is 2. The van der Waals surface area contributed by atoms with Gasteiger partial charge >= 0.3 is 0 Å². The molecule has 2 aromatic carbocycles. The number of ether oxygens (including phenoxy) is 1. The Morgan fingerprint density at radius 1 is 1.15 bits per heavy atom. The van der Waals surface area contributed by atoms with Crippen LogP contribution in [0, 0.1) is 17.1 Å². The third kappa shape index (κ3) is 3.14. The first-order chi connectivity index (χ1) is 9.61. The number of hydrogen-bond acceptors (Lipinski definition) is 3. The van der Waals surface area contributed by atoms with Crippen molar-refractivity contribution in [3.8, 4) is 11.8 Å². The number of halogens is 1. The van der Waals surface area contributed by atoms with E-state index < -0.39 is 6.10 Å². The smallest absolute Gasteiger partial charge is 0.139 e. The summed E-state index contributed by atoms with van der Waals surface area (Å²) < 4.78 is 18.8. The molecule has 0 saturated heterocycles. The first-order valence-corrected chi connectivity index (χ1v) is 6.28. The van der Waals surface area contributed by atoms with E-state index in [1.807, 2.05) is 6.92 Å². The van der Waals surface area contributed by atoms with Gasteiger partial charge in [-0.25, -0.2) is 4.39 Å². The lowest BCUT2D eigenvalue weighted by Gasteiger charge is -2.23. The van der Waals surface area contributed by atoms with E-state index >= 15 is 0 Å². The molecule has 2 rings (SSSR count). The lowest BCUT2D eigenvalue weighted by atomic mass is 10.0. The Hall–Kier alpha value is -2.38. The summed E-state index contributed by atoms with van der Waals surface area (Å²) in [6.07, 6.45) is -0.440. The molecule has 2 atom stereocenters. The summed E-state index contributed by atoms with van der Waals surface area (Å²) in [6, 6.07) is 14.7. The first kappa shape index (κ1) is 14.0. The summed E-state index contributed by atoms with van der Waals surface area (Å²) >= 11 is 0. The summed E-state index contributed by atoms with van der Waals surface area (Å²) in [5.74, 6) is 0.163. The maximum absolute atomic E-state index is 13.0. The Morgan fingerprint density at radius 3 is 2.40 bits per heavy atom. The van der Waals surface area contributed by atoms with Gasteiger partial charge in [0.25, 0.3) is 0 Å². The zero-order chi connectivity index (χ0) is 14.5. The maximum Gasteiger partial charge on any atom is 0.139 e. The molecule has 0 spiro atoms. The molecule has 0 aliphatic heterocycles. The number of rotatable bonds is 4. The van der Waals surface area contributed by atoms with Crippen molar-refractivity contribution in [2.45, 2.75) is 19.1 Å². The third-order valence-electron chi connectivity index (χ3n) is 2.94. The van der Waals surface area contributed by atoms with Crippen LogP contribution in [0.5, 0.6) is 5.75 Å². The molecule has 0 amide bonds. The minimum Gasteiger partial charge on any atom is -0.483 e. The highest BCUT2D eigenvalue weighted by molar-refractivity contribution is 5.43. The van der Waals surface area contributed by atoms with Crippen molar-refractivity contribution in [2.24, 2.45) is 5.73 Å². The van der Waals surface area contributed by atoms with Crippen molar-refractivity contribution in [3.05, 3.63) is 65.5 Å². The summed E-state index contributed by atoms with van der Waals surface area (Å²) in [5.41, 5.74) is 7.16. The van der Waals surface area contributed by atoms with Crippen LogP contribution < -0.4 is 10.5 Å². The molecule has 0 aromatic heterocycles. The molecule has 0 radical (unpaired) electrons. The van der Waals surface area contributed by atoms with Gasteiger partial charge in [0.2, 0.25) is 0 Å². The minimum absolute atomic E-state index is 0.299. The lowest BCUT2D eigenvalue weighted by molar-refractivity contribution is 0.180. The largest absolute Gasteiger partial charge is 0.483 e. The van der Waals surface area contributed by atoms with Crippen LogP contribution in [0.1, 0.15) is 24.2 Å². The number of nitrogens with two attached hydrogens (primary N) is 1. The Morgan fingerprint density at radius 2 is 1.80 bits per heavy atom. The molecule has 0 saturated carbocycles. The van der Waals surface area contributed by atoms with Gasteiger partial charge in [0, 0.05) is 6.04 Å². The summed E-state index contributed by atoms with van der Waals surface area (Å²) in [5, 5.41) is 9.07. The number of para-hydroxylation sites is 1. The highest BCUT2D eigenvalue weighted by Crippen LogP contribution is 2.26. The van der Waals surface area contributed by atoms with E-state index in [0.717, 1.165) is 5.56 Å². The van der Waals surface area contributed by atoms with E-state index in [2.05, 4.69) is 6.07 Å².